The minimum absolute atomic E-state index is 0.0662. The number of carbonyl (C=O) groups is 1. The third kappa shape index (κ3) is 6.49. The third-order valence-corrected chi connectivity index (χ3v) is 7.19. The number of carbonyl (C=O) groups excluding carboxylic acids is 1. The number of rotatable bonds is 10. The number of anilines is 1. The highest BCUT2D eigenvalue weighted by Gasteiger charge is 2.27. The summed E-state index contributed by atoms with van der Waals surface area (Å²) >= 11 is 5.91. The van der Waals surface area contributed by atoms with Crippen molar-refractivity contribution in [3.8, 4) is 5.75 Å². The summed E-state index contributed by atoms with van der Waals surface area (Å²) in [5, 5.41) is 3.26. The molecule has 0 aliphatic carbocycles. The van der Waals surface area contributed by atoms with Gasteiger partial charge in [0.05, 0.1) is 17.7 Å². The maximum absolute atomic E-state index is 13.3. The van der Waals surface area contributed by atoms with E-state index in [1.165, 1.54) is 24.3 Å². The van der Waals surface area contributed by atoms with Crippen LogP contribution in [0, 0.1) is 6.92 Å². The van der Waals surface area contributed by atoms with Gasteiger partial charge in [-0.1, -0.05) is 47.5 Å². The summed E-state index contributed by atoms with van der Waals surface area (Å²) in [5.74, 6) is 0.427. The molecule has 0 bridgehead atoms. The van der Waals surface area contributed by atoms with Crippen LogP contribution < -0.4 is 14.4 Å². The number of ether oxygens (including phenoxy) is 1. The van der Waals surface area contributed by atoms with Crippen molar-refractivity contribution in [1.29, 1.82) is 0 Å². The Bertz CT molecular complexity index is 1180. The first kappa shape index (κ1) is 24.6. The van der Waals surface area contributed by atoms with E-state index in [9.17, 15) is 13.2 Å². The quantitative estimate of drug-likeness (QED) is 0.425. The SMILES string of the molecule is COc1ccccc1CCCNC(=O)CN(c1ccc(C)cc1)S(=O)(=O)c1ccc(Cl)cc1. The average molecular weight is 487 g/mol. The smallest absolute Gasteiger partial charge is 0.264 e. The molecule has 0 fully saturated rings. The standard InChI is InChI=1S/C25H27ClN2O4S/c1-19-9-13-22(14-10-19)28(33(30,31)23-15-11-21(26)12-16-23)18-25(29)27-17-5-7-20-6-3-4-8-24(20)32-2/h3-4,6,8-16H,5,7,17-18H2,1-2H3,(H,27,29). The van der Waals surface area contributed by atoms with Crippen LogP contribution in [0.25, 0.3) is 0 Å². The van der Waals surface area contributed by atoms with Gasteiger partial charge in [0.15, 0.2) is 0 Å². The lowest BCUT2D eigenvalue weighted by atomic mass is 10.1. The van der Waals surface area contributed by atoms with Crippen molar-refractivity contribution < 1.29 is 17.9 Å². The van der Waals surface area contributed by atoms with Crippen molar-refractivity contribution >= 4 is 33.2 Å². The van der Waals surface area contributed by atoms with E-state index in [0.29, 0.717) is 23.7 Å². The van der Waals surface area contributed by atoms with E-state index < -0.39 is 10.0 Å². The Morgan fingerprint density at radius 2 is 1.67 bits per heavy atom. The molecule has 0 aliphatic heterocycles. The first-order chi connectivity index (χ1) is 15.8. The first-order valence-electron chi connectivity index (χ1n) is 10.5. The van der Waals surface area contributed by atoms with Crippen molar-refractivity contribution in [2.24, 2.45) is 0 Å². The first-order valence-corrected chi connectivity index (χ1v) is 12.4. The van der Waals surface area contributed by atoms with Crippen LogP contribution in [-0.4, -0.2) is 34.5 Å². The Hall–Kier alpha value is -3.03. The summed E-state index contributed by atoms with van der Waals surface area (Å²) in [6, 6.07) is 20.6. The number of methoxy groups -OCH3 is 1. The maximum atomic E-state index is 13.3. The minimum Gasteiger partial charge on any atom is -0.496 e. The lowest BCUT2D eigenvalue weighted by Gasteiger charge is -2.24. The molecule has 8 heteroatoms. The molecule has 3 aromatic carbocycles. The van der Waals surface area contributed by atoms with Gasteiger partial charge in [0.2, 0.25) is 5.91 Å². The summed E-state index contributed by atoms with van der Waals surface area (Å²) in [4.78, 5) is 12.8. The highest BCUT2D eigenvalue weighted by molar-refractivity contribution is 7.92. The van der Waals surface area contributed by atoms with Gasteiger partial charge in [-0.15, -0.1) is 0 Å². The molecule has 0 heterocycles. The van der Waals surface area contributed by atoms with Gasteiger partial charge in [0, 0.05) is 11.6 Å². The molecular weight excluding hydrogens is 460 g/mol. The predicted molar refractivity (Wildman–Crippen MR) is 131 cm³/mol. The lowest BCUT2D eigenvalue weighted by Crippen LogP contribution is -2.41. The lowest BCUT2D eigenvalue weighted by molar-refractivity contribution is -0.119. The summed E-state index contributed by atoms with van der Waals surface area (Å²) < 4.78 is 33.1. The second-order valence-electron chi connectivity index (χ2n) is 7.57. The van der Waals surface area contributed by atoms with Crippen molar-refractivity contribution in [3.05, 3.63) is 88.9 Å². The highest BCUT2D eigenvalue weighted by Crippen LogP contribution is 2.25. The Labute approximate surface area is 200 Å². The van der Waals surface area contributed by atoms with Crippen molar-refractivity contribution in [2.75, 3.05) is 24.5 Å². The molecule has 0 atom stereocenters. The summed E-state index contributed by atoms with van der Waals surface area (Å²) in [6.45, 7) is 2.00. The maximum Gasteiger partial charge on any atom is 0.264 e. The zero-order valence-corrected chi connectivity index (χ0v) is 20.2. The van der Waals surface area contributed by atoms with E-state index in [1.54, 1.807) is 19.2 Å². The van der Waals surface area contributed by atoms with Gasteiger partial charge in [0.25, 0.3) is 10.0 Å². The Balaban J connectivity index is 1.70. The molecule has 0 saturated carbocycles. The molecule has 3 rings (SSSR count). The number of hydrogen-bond acceptors (Lipinski definition) is 4. The van der Waals surface area contributed by atoms with Crippen LogP contribution in [0.5, 0.6) is 5.75 Å². The molecule has 0 aliphatic rings. The second kappa shape index (κ2) is 11.2. The van der Waals surface area contributed by atoms with E-state index in [4.69, 9.17) is 16.3 Å². The van der Waals surface area contributed by atoms with Gasteiger partial charge in [0.1, 0.15) is 12.3 Å². The largest absolute Gasteiger partial charge is 0.496 e. The number of aryl methyl sites for hydroxylation is 2. The molecule has 6 nitrogen and oxygen atoms in total. The second-order valence-corrected chi connectivity index (χ2v) is 9.87. The van der Waals surface area contributed by atoms with Crippen LogP contribution in [0.2, 0.25) is 5.02 Å². The minimum atomic E-state index is -3.96. The molecule has 0 radical (unpaired) electrons. The normalized spacial score (nSPS) is 11.1. The predicted octanol–water partition coefficient (Wildman–Crippen LogP) is 4.60. The van der Waals surface area contributed by atoms with E-state index in [-0.39, 0.29) is 17.3 Å². The molecule has 0 aromatic heterocycles. The molecular formula is C25H27ClN2O4S. The Morgan fingerprint density at radius 1 is 1.00 bits per heavy atom. The van der Waals surface area contributed by atoms with E-state index in [2.05, 4.69) is 5.32 Å². The molecule has 3 aromatic rings. The van der Waals surface area contributed by atoms with Crippen LogP contribution in [0.15, 0.2) is 77.7 Å². The number of benzene rings is 3. The van der Waals surface area contributed by atoms with Crippen LogP contribution >= 0.6 is 11.6 Å². The number of para-hydroxylation sites is 1. The number of hydrogen-bond donors (Lipinski definition) is 1. The fourth-order valence-corrected chi connectivity index (χ4v) is 4.91. The molecule has 1 amide bonds. The number of nitrogens with one attached hydrogen (secondary N) is 1. The molecule has 0 unspecified atom stereocenters. The summed E-state index contributed by atoms with van der Waals surface area (Å²) in [6.07, 6.45) is 1.43. The average Bonchev–Trinajstić information content (AvgIpc) is 2.81. The van der Waals surface area contributed by atoms with E-state index in [0.717, 1.165) is 27.6 Å². The Kier molecular flexibility index (Phi) is 8.36. The molecule has 0 saturated heterocycles. The van der Waals surface area contributed by atoms with Gasteiger partial charge in [-0.2, -0.15) is 0 Å². The fourth-order valence-electron chi connectivity index (χ4n) is 3.36. The Morgan fingerprint density at radius 3 is 2.33 bits per heavy atom. The third-order valence-electron chi connectivity index (χ3n) is 5.15. The zero-order valence-electron chi connectivity index (χ0n) is 18.6. The number of sulfonamides is 1. The molecule has 174 valence electrons. The summed E-state index contributed by atoms with van der Waals surface area (Å²) in [7, 11) is -2.34. The zero-order chi connectivity index (χ0) is 23.8. The van der Waals surface area contributed by atoms with Gasteiger partial charge in [-0.05, 0) is 67.8 Å². The molecule has 1 N–H and O–H groups in total. The van der Waals surface area contributed by atoms with Crippen LogP contribution in [-0.2, 0) is 21.2 Å². The van der Waals surface area contributed by atoms with Gasteiger partial charge < -0.3 is 10.1 Å². The van der Waals surface area contributed by atoms with E-state index in [1.807, 2.05) is 43.3 Å². The monoisotopic (exact) mass is 486 g/mol. The number of halogens is 1. The topological polar surface area (TPSA) is 75.7 Å². The van der Waals surface area contributed by atoms with Gasteiger partial charge in [-0.3, -0.25) is 9.10 Å². The van der Waals surface area contributed by atoms with Gasteiger partial charge in [-0.25, -0.2) is 8.42 Å². The van der Waals surface area contributed by atoms with Crippen molar-refractivity contribution in [3.63, 3.8) is 0 Å². The van der Waals surface area contributed by atoms with E-state index >= 15 is 0 Å². The fraction of sp³-hybridized carbons (Fsp3) is 0.240. The molecule has 0 spiro atoms. The summed E-state index contributed by atoms with van der Waals surface area (Å²) in [5.41, 5.74) is 2.46. The van der Waals surface area contributed by atoms with Crippen LogP contribution in [0.4, 0.5) is 5.69 Å². The molecule has 33 heavy (non-hydrogen) atoms. The van der Waals surface area contributed by atoms with Crippen molar-refractivity contribution in [2.45, 2.75) is 24.7 Å². The van der Waals surface area contributed by atoms with Crippen LogP contribution in [0.1, 0.15) is 17.5 Å². The highest BCUT2D eigenvalue weighted by atomic mass is 35.5. The van der Waals surface area contributed by atoms with Crippen LogP contribution in [0.3, 0.4) is 0 Å². The van der Waals surface area contributed by atoms with Crippen molar-refractivity contribution in [1.82, 2.24) is 5.32 Å². The number of nitrogens with zero attached hydrogens (tertiary/aromatic N) is 1. The number of amides is 1. The van der Waals surface area contributed by atoms with Gasteiger partial charge >= 0.3 is 0 Å².